The number of carbonyl (C=O) groups is 5. The largest absolute Gasteiger partial charge is 0.533 e. The summed E-state index contributed by atoms with van der Waals surface area (Å²) >= 11 is 0. The molecule has 0 aromatic heterocycles. The second-order valence-electron chi connectivity index (χ2n) is 14.6. The van der Waals surface area contributed by atoms with Crippen LogP contribution in [-0.2, 0) is 38.9 Å². The summed E-state index contributed by atoms with van der Waals surface area (Å²) in [6, 6.07) is 9.42. The zero-order valence-corrected chi connectivity index (χ0v) is 35.0. The number of amides is 3. The molecule has 1 saturated heterocycles. The fraction of sp³-hybridized carbons (Fsp3) is 0.585. The van der Waals surface area contributed by atoms with Crippen molar-refractivity contribution >= 4 is 67.2 Å². The van der Waals surface area contributed by atoms with Gasteiger partial charge < -0.3 is 15.2 Å². The third-order valence-corrected chi connectivity index (χ3v) is 13.5. The number of carbonyl (C=O) groups excluding carboxylic acids is 4. The summed E-state index contributed by atoms with van der Waals surface area (Å²) in [6.45, 7) is -0.331. The van der Waals surface area contributed by atoms with Crippen LogP contribution in [0.4, 0.5) is 10.5 Å². The van der Waals surface area contributed by atoms with Crippen LogP contribution in [0.2, 0.25) is 0 Å². The van der Waals surface area contributed by atoms with E-state index in [2.05, 4.69) is 5.32 Å². The maximum absolute atomic E-state index is 12.8. The highest BCUT2D eigenvalue weighted by molar-refractivity contribution is 8.76. The number of carboxylic acid groups (broad SMARTS) is 1. The lowest BCUT2D eigenvalue weighted by molar-refractivity contribution is -0.177. The van der Waals surface area contributed by atoms with Gasteiger partial charge in [-0.1, -0.05) is 116 Å². The van der Waals surface area contributed by atoms with Crippen molar-refractivity contribution in [1.82, 2.24) is 5.06 Å². The maximum Gasteiger partial charge on any atom is 0.533 e. The third kappa shape index (κ3) is 15.9. The molecule has 13 nitrogen and oxygen atoms in total. The number of imide groups is 1. The van der Waals surface area contributed by atoms with Gasteiger partial charge in [0.25, 0.3) is 21.9 Å². The van der Waals surface area contributed by atoms with Gasteiger partial charge >= 0.3 is 12.1 Å². The van der Waals surface area contributed by atoms with Gasteiger partial charge in [-0.15, -0.1) is 0 Å². The predicted octanol–water partition coefficient (Wildman–Crippen LogP) is 9.69. The fourth-order valence-corrected chi connectivity index (χ4v) is 9.82. The number of hydroxylamine groups is 2. The Bertz CT molecular complexity index is 1770. The molecule has 57 heavy (non-hydrogen) atoms. The summed E-state index contributed by atoms with van der Waals surface area (Å²) in [7, 11) is -0.562. The molecular weight excluding hydrogens is 793 g/mol. The van der Waals surface area contributed by atoms with E-state index in [1.54, 1.807) is 24.3 Å². The zero-order valence-electron chi connectivity index (χ0n) is 32.5. The van der Waals surface area contributed by atoms with Crippen molar-refractivity contribution in [2.75, 3.05) is 23.4 Å². The van der Waals surface area contributed by atoms with E-state index < -0.39 is 40.0 Å². The van der Waals surface area contributed by atoms with E-state index in [0.29, 0.717) is 40.3 Å². The Hall–Kier alpha value is -3.60. The minimum Gasteiger partial charge on any atom is -0.481 e. The van der Waals surface area contributed by atoms with Crippen molar-refractivity contribution in [2.45, 2.75) is 139 Å². The lowest BCUT2D eigenvalue weighted by atomic mass is 9.97. The molecule has 3 N–H and O–H groups in total. The van der Waals surface area contributed by atoms with Crippen molar-refractivity contribution < 1.29 is 51.6 Å². The highest BCUT2D eigenvalue weighted by Gasteiger charge is 2.35. The van der Waals surface area contributed by atoms with Crippen LogP contribution in [0.15, 0.2) is 41.3 Å². The lowest BCUT2D eigenvalue weighted by Gasteiger charge is -2.17. The molecule has 1 aliphatic carbocycles. The van der Waals surface area contributed by atoms with Crippen molar-refractivity contribution in [3.05, 3.63) is 47.5 Å². The average molecular weight is 849 g/mol. The van der Waals surface area contributed by atoms with Gasteiger partial charge in [0, 0.05) is 48.8 Å². The number of ether oxygens (including phenoxy) is 1. The first kappa shape index (κ1) is 46.1. The van der Waals surface area contributed by atoms with E-state index in [-0.39, 0.29) is 30.3 Å². The second kappa shape index (κ2) is 24.4. The number of aliphatic carboxylic acids is 1. The molecule has 3 amide bonds. The summed E-state index contributed by atoms with van der Waals surface area (Å²) in [5.74, 6) is -0.446. The third-order valence-electron chi connectivity index (χ3n) is 10.1. The Morgan fingerprint density at radius 3 is 1.74 bits per heavy atom. The number of nitrogens with zero attached hydrogens (tertiary/aromatic N) is 1. The molecule has 1 aliphatic heterocycles. The number of carboxylic acids is 1. The first-order chi connectivity index (χ1) is 27.4. The van der Waals surface area contributed by atoms with Gasteiger partial charge in [-0.3, -0.25) is 28.6 Å². The normalized spacial score (nSPS) is 14.8. The molecule has 16 heteroatoms. The van der Waals surface area contributed by atoms with Crippen molar-refractivity contribution in [3.63, 3.8) is 0 Å². The molecule has 1 unspecified atom stereocenters. The van der Waals surface area contributed by atoms with E-state index in [9.17, 15) is 36.9 Å². The number of hydrogen-bond acceptors (Lipinski definition) is 11. The topological polar surface area (TPSA) is 194 Å². The lowest BCUT2D eigenvalue weighted by Crippen LogP contribution is -2.32. The van der Waals surface area contributed by atoms with Crippen LogP contribution in [0.3, 0.4) is 0 Å². The van der Waals surface area contributed by atoms with Crippen LogP contribution in [-0.4, -0.2) is 71.1 Å². The van der Waals surface area contributed by atoms with Crippen molar-refractivity contribution in [1.29, 1.82) is 0 Å². The molecule has 2 aliphatic rings. The Morgan fingerprint density at radius 1 is 0.702 bits per heavy atom. The summed E-state index contributed by atoms with van der Waals surface area (Å²) in [5, 5.41) is 12.0. The minimum absolute atomic E-state index is 0.0756. The van der Waals surface area contributed by atoms with Gasteiger partial charge in [0.1, 0.15) is 6.61 Å². The quantitative estimate of drug-likeness (QED) is 0.0241. The van der Waals surface area contributed by atoms with Gasteiger partial charge in [-0.05, 0) is 72.2 Å². The van der Waals surface area contributed by atoms with Gasteiger partial charge in [0.15, 0.2) is 0 Å². The van der Waals surface area contributed by atoms with Crippen molar-refractivity contribution in [3.8, 4) is 11.1 Å². The summed E-state index contributed by atoms with van der Waals surface area (Å²) < 4.78 is 38.8. The molecule has 1 heterocycles. The van der Waals surface area contributed by atoms with E-state index in [1.165, 1.54) is 81.4 Å². The Labute approximate surface area is 343 Å². The number of anilines is 1. The smallest absolute Gasteiger partial charge is 0.481 e. The summed E-state index contributed by atoms with van der Waals surface area (Å²) in [6.07, 6.45) is 17.4. The summed E-state index contributed by atoms with van der Waals surface area (Å²) in [4.78, 5) is 64.0. The van der Waals surface area contributed by atoms with Gasteiger partial charge in [-0.2, -0.15) is 8.42 Å². The molecule has 0 radical (unpaired) electrons. The van der Waals surface area contributed by atoms with E-state index in [4.69, 9.17) is 14.7 Å². The SMILES string of the molecule is O=C(O)CCCCCCCCCCSSCCCCCCCCCCC(=O)Nc1ccc2c(c1)C(COC(=O)ON1C(=O)CCC1=O)c1cc(S(=O)(=O)O)ccc1-2. The van der Waals surface area contributed by atoms with Crippen LogP contribution < -0.4 is 5.32 Å². The van der Waals surface area contributed by atoms with Crippen molar-refractivity contribution in [2.24, 2.45) is 0 Å². The molecule has 1 atom stereocenters. The number of rotatable bonds is 28. The average Bonchev–Trinajstić information content (AvgIpc) is 3.65. The van der Waals surface area contributed by atoms with Crippen LogP contribution in [0, 0.1) is 0 Å². The first-order valence-corrected chi connectivity index (χ1v) is 24.1. The molecule has 314 valence electrons. The number of fused-ring (bicyclic) bond motifs is 3. The van der Waals surface area contributed by atoms with Crippen LogP contribution in [0.25, 0.3) is 11.1 Å². The van der Waals surface area contributed by atoms with Crippen LogP contribution >= 0.6 is 21.6 Å². The molecule has 4 rings (SSSR count). The molecule has 1 fully saturated rings. The monoisotopic (exact) mass is 848 g/mol. The molecule has 0 bridgehead atoms. The zero-order chi connectivity index (χ0) is 41.0. The highest BCUT2D eigenvalue weighted by Crippen LogP contribution is 2.46. The summed E-state index contributed by atoms with van der Waals surface area (Å²) in [5.41, 5.74) is 3.03. The number of unbranched alkanes of at least 4 members (excludes halogenated alkanes) is 14. The van der Waals surface area contributed by atoms with E-state index in [1.807, 2.05) is 21.6 Å². The Balaban J connectivity index is 1.08. The van der Waals surface area contributed by atoms with Crippen LogP contribution in [0.1, 0.15) is 145 Å². The Kier molecular flexibility index (Phi) is 19.7. The fourth-order valence-electron chi connectivity index (χ4n) is 7.01. The van der Waals surface area contributed by atoms with Gasteiger partial charge in [-0.25, -0.2) is 4.79 Å². The molecule has 2 aromatic carbocycles. The molecular formula is C41H56N2O11S3. The molecule has 0 saturated carbocycles. The number of nitrogens with one attached hydrogen (secondary N) is 1. The van der Waals surface area contributed by atoms with Gasteiger partial charge in [0.05, 0.1) is 4.90 Å². The standard InChI is InChI=1S/C41H56N2O11S3/c44-37(17-13-9-5-1-3-7-11-15-25-55-56-26-16-12-8-4-2-6-10-14-18-40(47)48)42-30-19-21-32-33-22-20-31(57(50,51)52)28-35(33)36(34(32)27-30)29-53-41(49)54-43-38(45)23-24-39(43)46/h19-22,27-28,36H,1-18,23-26,29H2,(H,42,44)(H,47,48)(H,50,51,52). The van der Waals surface area contributed by atoms with Gasteiger partial charge in [0.2, 0.25) is 5.91 Å². The van der Waals surface area contributed by atoms with Crippen LogP contribution in [0.5, 0.6) is 0 Å². The van der Waals surface area contributed by atoms with E-state index in [0.717, 1.165) is 50.5 Å². The number of benzene rings is 2. The minimum atomic E-state index is -4.53. The molecule has 2 aromatic rings. The highest BCUT2D eigenvalue weighted by atomic mass is 33.1. The second-order valence-corrected chi connectivity index (χ2v) is 18.7. The Morgan fingerprint density at radius 2 is 1.19 bits per heavy atom. The molecule has 0 spiro atoms. The number of hydrogen-bond donors (Lipinski definition) is 3. The van der Waals surface area contributed by atoms with E-state index >= 15 is 0 Å². The predicted molar refractivity (Wildman–Crippen MR) is 221 cm³/mol. The first-order valence-electron chi connectivity index (χ1n) is 20.2. The maximum atomic E-state index is 12.8.